The van der Waals surface area contributed by atoms with Crippen molar-refractivity contribution < 1.29 is 62.8 Å². The number of ether oxygens (including phenoxy) is 3. The van der Waals surface area contributed by atoms with Crippen molar-refractivity contribution in [2.75, 3.05) is 19.8 Å². The first kappa shape index (κ1) is 40.9. The second-order valence-corrected chi connectivity index (χ2v) is 15.1. The number of fused-ring (bicyclic) bond motifs is 5. The van der Waals surface area contributed by atoms with E-state index in [9.17, 15) is 44.0 Å². The Morgan fingerprint density at radius 1 is 1.12 bits per heavy atom. The second-order valence-electron chi connectivity index (χ2n) is 14.4. The number of aliphatic hydroxyl groups excluding tert-OH is 1. The summed E-state index contributed by atoms with van der Waals surface area (Å²) in [5.41, 5.74) is -0.809. The fourth-order valence-corrected chi connectivity index (χ4v) is 9.60. The number of carbonyl (C=O) groups is 6. The molecule has 0 heterocycles. The average Bonchev–Trinajstić information content (AvgIpc) is 3.29. The number of Topliss-reactive ketones (excluding diaryl/α,β-unsaturated/α-hetero) is 1. The maximum atomic E-state index is 14.4. The molecule has 17 heteroatoms. The monoisotopic (exact) mass is 754 g/mol. The fraction of sp³-hybridized carbons (Fsp3) is 0.714. The molecular weight excluding hydrogens is 708 g/mol. The molecule has 9 atom stereocenters. The number of nitrogens with one attached hydrogen (secondary N) is 1. The Morgan fingerprint density at radius 3 is 2.46 bits per heavy atom. The number of rotatable bonds is 16. The van der Waals surface area contributed by atoms with Crippen molar-refractivity contribution in [1.29, 1.82) is 0 Å². The van der Waals surface area contributed by atoms with Crippen LogP contribution in [0.3, 0.4) is 0 Å². The molecule has 0 spiro atoms. The van der Waals surface area contributed by atoms with E-state index >= 15 is 0 Å². The van der Waals surface area contributed by atoms with Crippen LogP contribution in [-0.2, 0) is 52.7 Å². The van der Waals surface area contributed by atoms with Gasteiger partial charge in [0.25, 0.3) is 5.09 Å². The van der Waals surface area contributed by atoms with Crippen LogP contribution >= 0.6 is 11.6 Å². The van der Waals surface area contributed by atoms with E-state index in [4.69, 9.17) is 30.6 Å². The number of esters is 3. The molecule has 4 aliphatic rings. The molecule has 3 saturated carbocycles. The lowest BCUT2D eigenvalue weighted by atomic mass is 9.45. The van der Waals surface area contributed by atoms with Gasteiger partial charge in [0, 0.05) is 30.1 Å². The molecule has 0 radical (unpaired) electrons. The number of hydroxylamine groups is 1. The first-order valence-corrected chi connectivity index (χ1v) is 17.8. The zero-order valence-electron chi connectivity index (χ0n) is 30.0. The largest absolute Gasteiger partial charge is 0.464 e. The highest BCUT2D eigenvalue weighted by Crippen LogP contribution is 2.72. The third-order valence-corrected chi connectivity index (χ3v) is 12.4. The molecule has 0 bridgehead atoms. The normalized spacial score (nSPS) is 33.7. The van der Waals surface area contributed by atoms with E-state index in [1.54, 1.807) is 32.9 Å². The van der Waals surface area contributed by atoms with Crippen molar-refractivity contribution in [2.24, 2.45) is 28.6 Å². The zero-order valence-corrected chi connectivity index (χ0v) is 30.7. The summed E-state index contributed by atoms with van der Waals surface area (Å²) >= 11 is 7.54. The van der Waals surface area contributed by atoms with Crippen LogP contribution in [-0.4, -0.2) is 88.1 Å². The minimum Gasteiger partial charge on any atom is -0.464 e. The molecule has 0 aliphatic heterocycles. The zero-order chi connectivity index (χ0) is 38.6. The van der Waals surface area contributed by atoms with Gasteiger partial charge in [-0.3, -0.25) is 28.8 Å². The van der Waals surface area contributed by atoms with E-state index in [1.807, 2.05) is 6.92 Å². The highest BCUT2D eigenvalue weighted by Gasteiger charge is 2.76. The predicted molar refractivity (Wildman–Crippen MR) is 179 cm³/mol. The second kappa shape index (κ2) is 16.0. The van der Waals surface area contributed by atoms with Gasteiger partial charge in [-0.15, -0.1) is 27.2 Å². The van der Waals surface area contributed by atoms with Gasteiger partial charge in [0.15, 0.2) is 24.0 Å². The Bertz CT molecular complexity index is 1530. The van der Waals surface area contributed by atoms with E-state index in [-0.39, 0.29) is 56.5 Å². The summed E-state index contributed by atoms with van der Waals surface area (Å²) in [7, 11) is 0. The number of hydrogen-bond acceptors (Lipinski definition) is 15. The molecule has 4 aliphatic carbocycles. The molecule has 0 saturated heterocycles. The van der Waals surface area contributed by atoms with Crippen LogP contribution in [0.1, 0.15) is 86.0 Å². The standard InChI is InChI=1S/C35H47ClN2O14/c1-6-29(43)51-35(28(42)19-49-30(44)17-26(37-52-21(3)39)31(45)48-13-7-8-14-50-38(46)47)20(2)15-25-24-10-9-22-16-23(40)11-12-32(22,4)34(24,36)27(41)18-33(25,35)5/h11-12,16,20,24-27,37,41H,6-10,13-15,17-19H2,1-5H3/t20-,24?,25?,26?,27-,32-,33-,34-,35-/m0/s1. The Kier molecular flexibility index (Phi) is 12.6. The maximum absolute atomic E-state index is 14.4. The summed E-state index contributed by atoms with van der Waals surface area (Å²) in [6.45, 7) is 6.90. The number of unbranched alkanes of at least 4 members (excludes halogenated alkanes) is 1. The van der Waals surface area contributed by atoms with Crippen LogP contribution in [0.2, 0.25) is 0 Å². The molecular formula is C35H47ClN2O14. The third-order valence-electron chi connectivity index (χ3n) is 11.5. The number of ketones is 2. The van der Waals surface area contributed by atoms with Crippen molar-refractivity contribution in [3.63, 3.8) is 0 Å². The van der Waals surface area contributed by atoms with Crippen molar-refractivity contribution in [3.05, 3.63) is 33.9 Å². The number of hydrogen-bond donors (Lipinski definition) is 2. The van der Waals surface area contributed by atoms with Crippen LogP contribution in [0.5, 0.6) is 0 Å². The molecule has 4 rings (SSSR count). The number of halogens is 1. The highest BCUT2D eigenvalue weighted by molar-refractivity contribution is 6.26. The van der Waals surface area contributed by atoms with Crippen molar-refractivity contribution in [1.82, 2.24) is 5.48 Å². The number of carbonyl (C=O) groups excluding carboxylic acids is 6. The van der Waals surface area contributed by atoms with Gasteiger partial charge in [-0.25, -0.2) is 0 Å². The van der Waals surface area contributed by atoms with Crippen LogP contribution in [0.4, 0.5) is 0 Å². The van der Waals surface area contributed by atoms with Crippen LogP contribution in [0, 0.1) is 38.7 Å². The van der Waals surface area contributed by atoms with Gasteiger partial charge < -0.3 is 29.0 Å². The van der Waals surface area contributed by atoms with E-state index in [0.29, 0.717) is 19.3 Å². The van der Waals surface area contributed by atoms with Gasteiger partial charge in [-0.05, 0) is 62.5 Å². The molecule has 16 nitrogen and oxygen atoms in total. The molecule has 0 aromatic carbocycles. The topological polar surface area (TPSA) is 224 Å². The molecule has 288 valence electrons. The fourth-order valence-electron chi connectivity index (χ4n) is 9.07. The first-order valence-electron chi connectivity index (χ1n) is 17.5. The van der Waals surface area contributed by atoms with E-state index in [1.165, 1.54) is 6.08 Å². The van der Waals surface area contributed by atoms with Gasteiger partial charge in [0.2, 0.25) is 5.78 Å². The van der Waals surface area contributed by atoms with E-state index in [2.05, 4.69) is 10.3 Å². The van der Waals surface area contributed by atoms with Gasteiger partial charge in [0.1, 0.15) is 0 Å². The van der Waals surface area contributed by atoms with Gasteiger partial charge >= 0.3 is 23.9 Å². The van der Waals surface area contributed by atoms with Crippen LogP contribution in [0.15, 0.2) is 23.8 Å². The summed E-state index contributed by atoms with van der Waals surface area (Å²) in [5, 5.41) is 21.3. The SMILES string of the molecule is CCC(=O)O[C@]1(C(=O)COC(=O)CC(NOC(C)=O)C(=O)OCCCCO[N+](=O)[O-])[C@@H](C)CC2C3CCC4=CC(=O)C=C[C@]4(C)[C@@]3(Cl)[C@@H](O)C[C@@]21C. The Labute approximate surface area is 305 Å². The summed E-state index contributed by atoms with van der Waals surface area (Å²) in [6, 6.07) is -1.53. The van der Waals surface area contributed by atoms with E-state index < -0.39 is 87.1 Å². The van der Waals surface area contributed by atoms with Crippen molar-refractivity contribution >= 4 is 47.0 Å². The van der Waals surface area contributed by atoms with Crippen LogP contribution < -0.4 is 5.48 Å². The van der Waals surface area contributed by atoms with Gasteiger partial charge in [-0.1, -0.05) is 39.3 Å². The quantitative estimate of drug-likeness (QED) is 0.0577. The summed E-state index contributed by atoms with van der Waals surface area (Å²) in [4.78, 5) is 94.8. The van der Waals surface area contributed by atoms with Crippen LogP contribution in [0.25, 0.3) is 0 Å². The summed E-state index contributed by atoms with van der Waals surface area (Å²) < 4.78 is 16.6. The lowest BCUT2D eigenvalue weighted by Crippen LogP contribution is -2.69. The molecule has 52 heavy (non-hydrogen) atoms. The first-order chi connectivity index (χ1) is 24.4. The summed E-state index contributed by atoms with van der Waals surface area (Å²) in [6.07, 6.45) is 4.69. The molecule has 0 aromatic heterocycles. The molecule has 3 fully saturated rings. The third kappa shape index (κ3) is 7.47. The van der Waals surface area contributed by atoms with Gasteiger partial charge in [-0.2, -0.15) is 0 Å². The average molecular weight is 755 g/mol. The van der Waals surface area contributed by atoms with Crippen molar-refractivity contribution in [3.8, 4) is 0 Å². The molecule has 2 N–H and O–H groups in total. The maximum Gasteiger partial charge on any atom is 0.327 e. The number of nitrogens with zero attached hydrogens (tertiary/aromatic N) is 1. The lowest BCUT2D eigenvalue weighted by Gasteiger charge is -2.64. The molecule has 3 unspecified atom stereocenters. The number of alkyl halides is 1. The Morgan fingerprint density at radius 2 is 1.81 bits per heavy atom. The highest BCUT2D eigenvalue weighted by atomic mass is 35.5. The molecule has 0 amide bonds. The van der Waals surface area contributed by atoms with Gasteiger partial charge in [0.05, 0.1) is 30.6 Å². The summed E-state index contributed by atoms with van der Waals surface area (Å²) in [5.74, 6) is -5.60. The number of aliphatic hydroxyl groups is 1. The molecule has 0 aromatic rings. The smallest absolute Gasteiger partial charge is 0.327 e. The lowest BCUT2D eigenvalue weighted by molar-refractivity contribution is -0.757. The Balaban J connectivity index is 1.53. The Hall–Kier alpha value is -3.89. The number of allylic oxidation sites excluding steroid dienone is 4. The van der Waals surface area contributed by atoms with Crippen molar-refractivity contribution in [2.45, 2.75) is 109 Å². The predicted octanol–water partition coefficient (Wildman–Crippen LogP) is 3.03. The van der Waals surface area contributed by atoms with E-state index in [0.717, 1.165) is 12.5 Å². The minimum atomic E-state index is -1.81. The minimum absolute atomic E-state index is 0.0261.